The molecule has 2 N–H and O–H groups in total. The molecule has 0 aromatic carbocycles. The van der Waals surface area contributed by atoms with Crippen molar-refractivity contribution in [3.8, 4) is 0 Å². The van der Waals surface area contributed by atoms with Crippen molar-refractivity contribution in [1.82, 2.24) is 14.1 Å². The van der Waals surface area contributed by atoms with Gasteiger partial charge in [-0.05, 0) is 19.8 Å². The molecule has 1 aromatic rings. The van der Waals surface area contributed by atoms with Gasteiger partial charge in [-0.2, -0.15) is 5.10 Å². The fraction of sp³-hybridized carbons (Fsp3) is 0.700. The molecule has 17 heavy (non-hydrogen) atoms. The van der Waals surface area contributed by atoms with Gasteiger partial charge in [0, 0.05) is 30.6 Å². The number of halogens is 1. The van der Waals surface area contributed by atoms with Gasteiger partial charge in [-0.15, -0.1) is 4.31 Å². The van der Waals surface area contributed by atoms with E-state index >= 15 is 0 Å². The Balaban J connectivity index is 1.95. The molecule has 5 nitrogen and oxygen atoms in total. The fourth-order valence-corrected chi connectivity index (χ4v) is 3.18. The van der Waals surface area contributed by atoms with Crippen LogP contribution in [0.3, 0.4) is 0 Å². The van der Waals surface area contributed by atoms with Crippen molar-refractivity contribution < 1.29 is 4.55 Å². The third-order valence-corrected chi connectivity index (χ3v) is 4.77. The minimum absolute atomic E-state index is 0.315. The number of hydrogen-bond acceptors (Lipinski definition) is 4. The summed E-state index contributed by atoms with van der Waals surface area (Å²) in [6, 6.07) is 0.315. The Labute approximate surface area is 109 Å². The summed E-state index contributed by atoms with van der Waals surface area (Å²) >= 11 is 5.00. The zero-order valence-corrected chi connectivity index (χ0v) is 11.4. The molecule has 1 unspecified atom stereocenters. The maximum Gasteiger partial charge on any atom is 0.173 e. The Morgan fingerprint density at radius 2 is 2.24 bits per heavy atom. The molecule has 0 aliphatic carbocycles. The molecule has 1 atom stereocenters. The second kappa shape index (κ2) is 5.48. The van der Waals surface area contributed by atoms with Crippen molar-refractivity contribution in [2.24, 2.45) is 0 Å². The summed E-state index contributed by atoms with van der Waals surface area (Å²) in [6.07, 6.45) is 3.64. The molecule has 2 rings (SSSR count). The average Bonchev–Trinajstić information content (AvgIpc) is 2.69. The second-order valence-electron chi connectivity index (χ2n) is 4.13. The lowest BCUT2D eigenvalue weighted by atomic mass is 10.1. The van der Waals surface area contributed by atoms with E-state index in [1.54, 1.807) is 6.20 Å². The monoisotopic (exact) mass is 276 g/mol. The number of nitrogens with two attached hydrogens (primary N) is 1. The molecule has 1 saturated heterocycles. The summed E-state index contributed by atoms with van der Waals surface area (Å²) in [5, 5.41) is 4.55. The van der Waals surface area contributed by atoms with Crippen molar-refractivity contribution in [3.63, 3.8) is 0 Å². The van der Waals surface area contributed by atoms with E-state index < -0.39 is 11.4 Å². The molecule has 2 heterocycles. The molecule has 1 aromatic heterocycles. The maximum atomic E-state index is 11.6. The highest BCUT2D eigenvalue weighted by atomic mass is 35.5. The molecule has 7 heteroatoms. The van der Waals surface area contributed by atoms with Gasteiger partial charge in [-0.25, -0.2) is 0 Å². The van der Waals surface area contributed by atoms with Gasteiger partial charge in [0.05, 0.1) is 11.7 Å². The van der Waals surface area contributed by atoms with Gasteiger partial charge >= 0.3 is 0 Å². The quantitative estimate of drug-likeness (QED) is 0.848. The van der Waals surface area contributed by atoms with Crippen molar-refractivity contribution in [2.45, 2.75) is 25.8 Å². The second-order valence-corrected chi connectivity index (χ2v) is 6.22. The number of hydrogen-bond donors (Lipinski definition) is 1. The van der Waals surface area contributed by atoms with Crippen molar-refractivity contribution in [2.75, 3.05) is 24.6 Å². The number of nitrogen functional groups attached to an aromatic ring is 1. The lowest BCUT2D eigenvalue weighted by molar-refractivity contribution is 0.261. The number of nitrogens with zero attached hydrogens (tertiary/aromatic N) is 3. The molecule has 96 valence electrons. The summed E-state index contributed by atoms with van der Waals surface area (Å²) in [5.41, 5.74) is 6.19. The predicted octanol–water partition coefficient (Wildman–Crippen LogP) is 1.44. The third-order valence-electron chi connectivity index (χ3n) is 3.05. The zero-order chi connectivity index (χ0) is 12.4. The van der Waals surface area contributed by atoms with E-state index in [-0.39, 0.29) is 0 Å². The average molecular weight is 277 g/mol. The van der Waals surface area contributed by atoms with Crippen LogP contribution in [0.5, 0.6) is 0 Å². The largest absolute Gasteiger partial charge is 0.598 e. The van der Waals surface area contributed by atoms with E-state index in [2.05, 4.69) is 5.10 Å². The number of anilines is 1. The van der Waals surface area contributed by atoms with Crippen LogP contribution in [0.1, 0.15) is 25.8 Å². The lowest BCUT2D eigenvalue weighted by Gasteiger charge is -2.31. The Morgan fingerprint density at radius 1 is 1.59 bits per heavy atom. The standard InChI is InChI=1S/C10H17ClN4OS/c1-2-17(16)14-5-3-8(4-6-14)15-7-9(12)10(11)13-15/h7-8H,2-6,12H2,1H3. The Bertz CT molecular complexity index is 359. The Morgan fingerprint density at radius 3 is 2.71 bits per heavy atom. The van der Waals surface area contributed by atoms with E-state index in [1.807, 2.05) is 15.9 Å². The van der Waals surface area contributed by atoms with E-state index in [1.165, 1.54) is 0 Å². The summed E-state index contributed by atoms with van der Waals surface area (Å²) in [4.78, 5) is 0. The topological polar surface area (TPSA) is 70.1 Å². The minimum Gasteiger partial charge on any atom is -0.598 e. The number of aromatic nitrogens is 2. The van der Waals surface area contributed by atoms with Crippen LogP contribution in [0, 0.1) is 0 Å². The number of piperidine rings is 1. The van der Waals surface area contributed by atoms with Gasteiger partial charge in [0.1, 0.15) is 5.75 Å². The highest BCUT2D eigenvalue weighted by Gasteiger charge is 2.27. The van der Waals surface area contributed by atoms with E-state index in [0.717, 1.165) is 25.9 Å². The van der Waals surface area contributed by atoms with Crippen LogP contribution in [0.4, 0.5) is 5.69 Å². The van der Waals surface area contributed by atoms with Gasteiger partial charge in [-0.3, -0.25) is 4.68 Å². The zero-order valence-electron chi connectivity index (χ0n) is 9.80. The Kier molecular flexibility index (Phi) is 4.19. The summed E-state index contributed by atoms with van der Waals surface area (Å²) in [5.74, 6) is 0.686. The van der Waals surface area contributed by atoms with Crippen LogP contribution < -0.4 is 5.73 Å². The van der Waals surface area contributed by atoms with E-state index in [0.29, 0.717) is 22.6 Å². The van der Waals surface area contributed by atoms with Gasteiger partial charge in [0.2, 0.25) is 0 Å². The molecule has 0 bridgehead atoms. The molecule has 0 saturated carbocycles. The van der Waals surface area contributed by atoms with Crippen LogP contribution in [0.25, 0.3) is 0 Å². The first kappa shape index (κ1) is 13.0. The van der Waals surface area contributed by atoms with Gasteiger partial charge in [0.25, 0.3) is 0 Å². The first-order chi connectivity index (χ1) is 8.11. The molecule has 0 amide bonds. The molecular formula is C10H17ClN4OS. The fourth-order valence-electron chi connectivity index (χ4n) is 2.06. The highest BCUT2D eigenvalue weighted by molar-refractivity contribution is 7.89. The van der Waals surface area contributed by atoms with Crippen LogP contribution in [-0.4, -0.2) is 37.5 Å². The molecular weight excluding hydrogens is 260 g/mol. The van der Waals surface area contributed by atoms with Crippen LogP contribution >= 0.6 is 11.6 Å². The highest BCUT2D eigenvalue weighted by Crippen LogP contribution is 2.26. The van der Waals surface area contributed by atoms with Gasteiger partial charge < -0.3 is 10.3 Å². The van der Waals surface area contributed by atoms with Gasteiger partial charge in [0.15, 0.2) is 5.15 Å². The van der Waals surface area contributed by atoms with E-state index in [4.69, 9.17) is 17.3 Å². The van der Waals surface area contributed by atoms with Crippen LogP contribution in [0.15, 0.2) is 6.20 Å². The molecule has 0 radical (unpaired) electrons. The SMILES string of the molecule is CC[S+]([O-])N1CCC(n2cc(N)c(Cl)n2)CC1. The maximum absolute atomic E-state index is 11.6. The van der Waals surface area contributed by atoms with Gasteiger partial charge in [-0.1, -0.05) is 11.6 Å². The first-order valence-electron chi connectivity index (χ1n) is 5.75. The Hall–Kier alpha value is -0.430. The summed E-state index contributed by atoms with van der Waals surface area (Å²) in [6.45, 7) is 3.61. The number of rotatable bonds is 3. The molecule has 1 aliphatic rings. The normalized spacial score (nSPS) is 20.6. The van der Waals surface area contributed by atoms with Crippen molar-refractivity contribution in [1.29, 1.82) is 0 Å². The third kappa shape index (κ3) is 2.88. The lowest BCUT2D eigenvalue weighted by Crippen LogP contribution is -2.39. The van der Waals surface area contributed by atoms with E-state index in [9.17, 15) is 4.55 Å². The van der Waals surface area contributed by atoms with Crippen molar-refractivity contribution in [3.05, 3.63) is 11.3 Å². The first-order valence-corrected chi connectivity index (χ1v) is 7.40. The summed E-state index contributed by atoms with van der Waals surface area (Å²) < 4.78 is 15.5. The summed E-state index contributed by atoms with van der Waals surface area (Å²) in [7, 11) is 0. The molecule has 0 spiro atoms. The molecule has 1 aliphatic heterocycles. The molecule has 1 fully saturated rings. The predicted molar refractivity (Wildman–Crippen MR) is 70.2 cm³/mol. The minimum atomic E-state index is -0.831. The smallest absolute Gasteiger partial charge is 0.173 e. The van der Waals surface area contributed by atoms with Crippen LogP contribution in [0.2, 0.25) is 5.15 Å². The van der Waals surface area contributed by atoms with Crippen LogP contribution in [-0.2, 0) is 11.4 Å². The van der Waals surface area contributed by atoms with Crippen molar-refractivity contribution >= 4 is 28.7 Å².